The van der Waals surface area contributed by atoms with Crippen LogP contribution in [0.15, 0.2) is 10.9 Å². The van der Waals surface area contributed by atoms with Crippen LogP contribution in [-0.4, -0.2) is 33.8 Å². The lowest BCUT2D eigenvalue weighted by atomic mass is 9.97. The first-order chi connectivity index (χ1) is 8.55. The van der Waals surface area contributed by atoms with E-state index in [2.05, 4.69) is 10.3 Å². The Bertz CT molecular complexity index is 446. The predicted octanol–water partition coefficient (Wildman–Crippen LogP) is 1.16. The molecule has 0 spiro atoms. The van der Waals surface area contributed by atoms with Crippen LogP contribution in [-0.2, 0) is 16.1 Å². The van der Waals surface area contributed by atoms with E-state index in [1.165, 1.54) is 11.3 Å². The molecule has 0 aromatic carbocycles. The third-order valence-electron chi connectivity index (χ3n) is 3.33. The number of hydrogen-bond acceptors (Lipinski definition) is 4. The van der Waals surface area contributed by atoms with Gasteiger partial charge < -0.3 is 10.2 Å². The third kappa shape index (κ3) is 2.53. The second kappa shape index (κ2) is 5.06. The Hall–Kier alpha value is -1.43. The van der Waals surface area contributed by atoms with E-state index >= 15 is 0 Å². The smallest absolute Gasteiger partial charge is 0.248 e. The molecule has 0 radical (unpaired) electrons. The molecule has 0 aliphatic carbocycles. The summed E-state index contributed by atoms with van der Waals surface area (Å²) in [6.45, 7) is 4.63. The number of nitrogens with one attached hydrogen (secondary N) is 1. The number of hydrogen-bond donors (Lipinski definition) is 1. The molecule has 5 nitrogen and oxygen atoms in total. The number of rotatable bonds is 3. The van der Waals surface area contributed by atoms with Gasteiger partial charge in [-0.2, -0.15) is 0 Å². The average Bonchev–Trinajstić information content (AvgIpc) is 2.82. The quantitative estimate of drug-likeness (QED) is 0.894. The first-order valence-electron chi connectivity index (χ1n) is 6.02. The Morgan fingerprint density at radius 1 is 1.56 bits per heavy atom. The molecule has 6 heteroatoms. The molecule has 1 unspecified atom stereocenters. The summed E-state index contributed by atoms with van der Waals surface area (Å²) in [4.78, 5) is 30.0. The summed E-state index contributed by atoms with van der Waals surface area (Å²) in [6, 6.07) is 0. The van der Waals surface area contributed by atoms with Crippen molar-refractivity contribution in [3.05, 3.63) is 16.6 Å². The molecule has 98 valence electrons. The molecular weight excluding hydrogens is 250 g/mol. The number of carbonyl (C=O) groups is 2. The van der Waals surface area contributed by atoms with Crippen molar-refractivity contribution in [3.8, 4) is 0 Å². The highest BCUT2D eigenvalue weighted by Crippen LogP contribution is 2.19. The summed E-state index contributed by atoms with van der Waals surface area (Å²) in [6.07, 6.45) is 0.941. The molecule has 1 atom stereocenters. The predicted molar refractivity (Wildman–Crippen MR) is 69.0 cm³/mol. The fourth-order valence-corrected chi connectivity index (χ4v) is 2.56. The highest BCUT2D eigenvalue weighted by atomic mass is 32.1. The van der Waals surface area contributed by atoms with E-state index in [4.69, 9.17) is 0 Å². The summed E-state index contributed by atoms with van der Waals surface area (Å²) in [5.74, 6) is -0.0858. The summed E-state index contributed by atoms with van der Waals surface area (Å²) < 4.78 is 0. The molecule has 1 aromatic rings. The fraction of sp³-hybridized carbons (Fsp3) is 0.583. The minimum absolute atomic E-state index is 0.0242. The Kier molecular flexibility index (Phi) is 3.65. The van der Waals surface area contributed by atoms with E-state index in [9.17, 15) is 9.59 Å². The molecule has 2 heterocycles. The van der Waals surface area contributed by atoms with Gasteiger partial charge in [-0.3, -0.25) is 9.59 Å². The summed E-state index contributed by atoms with van der Waals surface area (Å²) >= 11 is 1.51. The van der Waals surface area contributed by atoms with E-state index in [0.29, 0.717) is 25.9 Å². The number of thiazole rings is 1. The molecular formula is C12H17N3O2S. The van der Waals surface area contributed by atoms with Crippen molar-refractivity contribution in [2.24, 2.45) is 0 Å². The van der Waals surface area contributed by atoms with Gasteiger partial charge in [-0.05, 0) is 13.3 Å². The minimum atomic E-state index is -0.788. The average molecular weight is 267 g/mol. The van der Waals surface area contributed by atoms with Gasteiger partial charge >= 0.3 is 0 Å². The van der Waals surface area contributed by atoms with Crippen LogP contribution in [0.25, 0.3) is 0 Å². The Morgan fingerprint density at radius 2 is 2.33 bits per heavy atom. The lowest BCUT2D eigenvalue weighted by Gasteiger charge is -2.30. The normalized spacial score (nSPS) is 24.9. The van der Waals surface area contributed by atoms with Crippen molar-refractivity contribution in [3.63, 3.8) is 0 Å². The Labute approximate surface area is 110 Å². The van der Waals surface area contributed by atoms with Crippen molar-refractivity contribution in [1.82, 2.24) is 15.2 Å². The summed E-state index contributed by atoms with van der Waals surface area (Å²) in [7, 11) is 0. The second-order valence-corrected chi connectivity index (χ2v) is 5.41. The van der Waals surface area contributed by atoms with Crippen molar-refractivity contribution >= 4 is 23.2 Å². The zero-order valence-corrected chi connectivity index (χ0v) is 11.4. The summed E-state index contributed by atoms with van der Waals surface area (Å²) in [5, 5.41) is 4.74. The standard InChI is InChI=1S/C12H17N3O2S/c1-3-12(2)11(17)15(5-4-10(16)14-12)6-9-7-18-8-13-9/h7-8H,3-6H2,1-2H3,(H,14,16). The van der Waals surface area contributed by atoms with E-state index in [-0.39, 0.29) is 11.8 Å². The molecule has 2 amide bonds. The van der Waals surface area contributed by atoms with Crippen LogP contribution in [0.2, 0.25) is 0 Å². The van der Waals surface area contributed by atoms with E-state index < -0.39 is 5.54 Å². The molecule has 1 aromatic heterocycles. The number of aromatic nitrogens is 1. The summed E-state index contributed by atoms with van der Waals surface area (Å²) in [5.41, 5.74) is 1.84. The first-order valence-corrected chi connectivity index (χ1v) is 6.97. The van der Waals surface area contributed by atoms with E-state index in [1.54, 1.807) is 17.3 Å². The van der Waals surface area contributed by atoms with Crippen LogP contribution in [0.1, 0.15) is 32.4 Å². The topological polar surface area (TPSA) is 62.3 Å². The third-order valence-corrected chi connectivity index (χ3v) is 3.96. The van der Waals surface area contributed by atoms with Gasteiger partial charge in [0.15, 0.2) is 0 Å². The molecule has 1 fully saturated rings. The van der Waals surface area contributed by atoms with Gasteiger partial charge in [0, 0.05) is 18.3 Å². The van der Waals surface area contributed by atoms with Crippen LogP contribution in [0, 0.1) is 0 Å². The Balaban J connectivity index is 2.19. The van der Waals surface area contributed by atoms with E-state index in [0.717, 1.165) is 5.69 Å². The molecule has 0 saturated carbocycles. The van der Waals surface area contributed by atoms with Gasteiger partial charge in [-0.15, -0.1) is 11.3 Å². The minimum Gasteiger partial charge on any atom is -0.342 e. The van der Waals surface area contributed by atoms with Gasteiger partial charge in [-0.1, -0.05) is 6.92 Å². The first kappa shape index (κ1) is 13.0. The molecule has 2 rings (SSSR count). The number of amides is 2. The van der Waals surface area contributed by atoms with Gasteiger partial charge in [0.25, 0.3) is 0 Å². The molecule has 18 heavy (non-hydrogen) atoms. The molecule has 1 N–H and O–H groups in total. The van der Waals surface area contributed by atoms with Crippen LogP contribution >= 0.6 is 11.3 Å². The maximum absolute atomic E-state index is 12.5. The van der Waals surface area contributed by atoms with Crippen LogP contribution in [0.3, 0.4) is 0 Å². The lowest BCUT2D eigenvalue weighted by molar-refractivity contribution is -0.138. The van der Waals surface area contributed by atoms with Crippen molar-refractivity contribution in [2.75, 3.05) is 6.54 Å². The largest absolute Gasteiger partial charge is 0.342 e. The van der Waals surface area contributed by atoms with Gasteiger partial charge in [-0.25, -0.2) is 4.98 Å². The lowest BCUT2D eigenvalue weighted by Crippen LogP contribution is -2.54. The van der Waals surface area contributed by atoms with Crippen LogP contribution < -0.4 is 5.32 Å². The maximum atomic E-state index is 12.5. The highest BCUT2D eigenvalue weighted by Gasteiger charge is 2.39. The molecule has 1 aliphatic rings. The number of nitrogens with zero attached hydrogens (tertiary/aromatic N) is 2. The van der Waals surface area contributed by atoms with Gasteiger partial charge in [0.05, 0.1) is 17.7 Å². The maximum Gasteiger partial charge on any atom is 0.248 e. The SMILES string of the molecule is CCC1(C)NC(=O)CCN(Cc2cscn2)C1=O. The zero-order chi connectivity index (χ0) is 13.2. The highest BCUT2D eigenvalue weighted by molar-refractivity contribution is 7.07. The van der Waals surface area contributed by atoms with E-state index in [1.807, 2.05) is 12.3 Å². The van der Waals surface area contributed by atoms with Crippen LogP contribution in [0.4, 0.5) is 0 Å². The monoisotopic (exact) mass is 267 g/mol. The molecule has 1 saturated heterocycles. The number of carbonyl (C=O) groups excluding carboxylic acids is 2. The second-order valence-electron chi connectivity index (χ2n) is 4.69. The van der Waals surface area contributed by atoms with Crippen LogP contribution in [0.5, 0.6) is 0 Å². The zero-order valence-electron chi connectivity index (χ0n) is 10.6. The van der Waals surface area contributed by atoms with Crippen molar-refractivity contribution in [1.29, 1.82) is 0 Å². The van der Waals surface area contributed by atoms with Gasteiger partial charge in [0.2, 0.25) is 11.8 Å². The molecule has 0 bridgehead atoms. The van der Waals surface area contributed by atoms with Crippen molar-refractivity contribution in [2.45, 2.75) is 38.8 Å². The van der Waals surface area contributed by atoms with Gasteiger partial charge in [0.1, 0.15) is 5.54 Å². The Morgan fingerprint density at radius 3 is 2.94 bits per heavy atom. The van der Waals surface area contributed by atoms with Crippen molar-refractivity contribution < 1.29 is 9.59 Å². The molecule has 1 aliphatic heterocycles. The fourth-order valence-electron chi connectivity index (χ4n) is 2.01.